The van der Waals surface area contributed by atoms with Crippen LogP contribution in [0.25, 0.3) is 0 Å². The van der Waals surface area contributed by atoms with Gasteiger partial charge in [0.05, 0.1) is 10.00 Å². The molecule has 4 heteroatoms. The lowest BCUT2D eigenvalue weighted by Crippen LogP contribution is -1.99. The Labute approximate surface area is 134 Å². The van der Waals surface area contributed by atoms with Crippen LogP contribution in [-0.2, 0) is 9.53 Å². The maximum absolute atomic E-state index is 10.6. The number of allylic oxidation sites excluding steroid dienone is 1. The minimum absolute atomic E-state index is 0.398. The fourth-order valence-electron chi connectivity index (χ4n) is 0.819. The molecule has 0 aliphatic heterocycles. The first-order valence-electron chi connectivity index (χ1n) is 6.46. The van der Waals surface area contributed by atoms with Crippen molar-refractivity contribution >= 4 is 37.8 Å². The molecule has 19 heavy (non-hydrogen) atoms. The average Bonchev–Trinajstić information content (AvgIpc) is 2.27. The highest BCUT2D eigenvalue weighted by Crippen LogP contribution is 2.15. The predicted octanol–water partition coefficient (Wildman–Crippen LogP) is 5.26. The number of halogens is 2. The van der Waals surface area contributed by atoms with Crippen molar-refractivity contribution in [2.45, 2.75) is 47.5 Å². The lowest BCUT2D eigenvalue weighted by atomic mass is 10.1. The summed E-state index contributed by atoms with van der Waals surface area (Å²) in [5.41, 5.74) is 0. The molecule has 0 radical (unpaired) electrons. The molecule has 0 unspecified atom stereocenters. The number of carbonyl (C=O) groups is 1. The highest BCUT2D eigenvalue weighted by Gasteiger charge is 1.92. The number of hydrogen-bond donors (Lipinski definition) is 0. The van der Waals surface area contributed by atoms with E-state index in [1.165, 1.54) is 0 Å². The summed E-state index contributed by atoms with van der Waals surface area (Å²) in [6, 6.07) is 0. The molecule has 0 saturated carbocycles. The smallest absolute Gasteiger partial charge is 0.384 e. The predicted molar refractivity (Wildman–Crippen MR) is 89.3 cm³/mol. The largest absolute Gasteiger partial charge is 0.456 e. The maximum atomic E-state index is 10.6. The van der Waals surface area contributed by atoms with E-state index in [4.69, 9.17) is 0 Å². The van der Waals surface area contributed by atoms with Crippen LogP contribution in [0, 0.1) is 23.7 Å². The van der Waals surface area contributed by atoms with E-state index in [-0.39, 0.29) is 0 Å². The molecule has 0 aromatic rings. The number of hydrogen-bond acceptors (Lipinski definition) is 2. The van der Waals surface area contributed by atoms with Crippen molar-refractivity contribution < 1.29 is 9.53 Å². The molecule has 0 aliphatic rings. The monoisotopic (exact) mass is 394 g/mol. The van der Waals surface area contributed by atoms with Gasteiger partial charge in [0, 0.05) is 12.3 Å². The van der Waals surface area contributed by atoms with Gasteiger partial charge in [0.2, 0.25) is 0 Å². The van der Waals surface area contributed by atoms with Crippen molar-refractivity contribution in [3.8, 4) is 11.8 Å². The van der Waals surface area contributed by atoms with Crippen molar-refractivity contribution in [3.05, 3.63) is 9.47 Å². The second kappa shape index (κ2) is 14.1. The third kappa shape index (κ3) is 23.3. The Kier molecular flexibility index (Phi) is 15.7. The molecular weight excluding hydrogens is 372 g/mol. The summed E-state index contributed by atoms with van der Waals surface area (Å²) in [7, 11) is 0. The Morgan fingerprint density at radius 3 is 2.11 bits per heavy atom. The first-order chi connectivity index (χ1) is 8.79. The Balaban J connectivity index is 0. The van der Waals surface area contributed by atoms with Gasteiger partial charge in [-0.3, -0.25) is 0 Å². The Hall–Kier alpha value is -0.270. The number of rotatable bonds is 4. The van der Waals surface area contributed by atoms with Crippen LogP contribution in [0.15, 0.2) is 9.47 Å². The number of esters is 1. The van der Waals surface area contributed by atoms with Crippen LogP contribution in [0.1, 0.15) is 47.5 Å². The molecule has 0 fully saturated rings. The Bertz CT molecular complexity index is 319. The van der Waals surface area contributed by atoms with E-state index in [0.717, 1.165) is 22.2 Å². The van der Waals surface area contributed by atoms with E-state index in [2.05, 4.69) is 82.2 Å². The molecular formula is C15H24Br2O2. The zero-order valence-electron chi connectivity index (χ0n) is 12.4. The summed E-state index contributed by atoms with van der Waals surface area (Å²) in [6.07, 6.45) is 4.00. The van der Waals surface area contributed by atoms with Crippen molar-refractivity contribution in [1.29, 1.82) is 0 Å². The fourth-order valence-corrected chi connectivity index (χ4v) is 1.19. The minimum atomic E-state index is -0.423. The Morgan fingerprint density at radius 2 is 1.79 bits per heavy atom. The molecule has 2 nitrogen and oxygen atoms in total. The molecule has 0 N–H and O–H groups in total. The van der Waals surface area contributed by atoms with Crippen LogP contribution < -0.4 is 0 Å². The molecule has 0 rings (SSSR count). The van der Waals surface area contributed by atoms with Crippen LogP contribution in [0.2, 0.25) is 0 Å². The lowest BCUT2D eigenvalue weighted by molar-refractivity contribution is -0.136. The van der Waals surface area contributed by atoms with Crippen LogP contribution in [0.5, 0.6) is 0 Å². The van der Waals surface area contributed by atoms with E-state index in [1.807, 2.05) is 0 Å². The maximum Gasteiger partial charge on any atom is 0.384 e. The van der Waals surface area contributed by atoms with Gasteiger partial charge in [-0.1, -0.05) is 39.7 Å². The van der Waals surface area contributed by atoms with Crippen molar-refractivity contribution in [1.82, 2.24) is 0 Å². The van der Waals surface area contributed by atoms with E-state index < -0.39 is 5.97 Å². The molecule has 0 saturated heterocycles. The SMILES string of the molecule is CC(C)CC=C(Br)Br.CCOC(=O)C#CCC(C)C. The second-order valence-electron chi connectivity index (χ2n) is 4.74. The number of carbonyl (C=O) groups excluding carboxylic acids is 1. The normalized spacial score (nSPS) is 9.11. The highest BCUT2D eigenvalue weighted by molar-refractivity contribution is 9.28. The van der Waals surface area contributed by atoms with Gasteiger partial charge in [-0.15, -0.1) is 0 Å². The summed E-state index contributed by atoms with van der Waals surface area (Å²) in [5.74, 6) is 5.99. The van der Waals surface area contributed by atoms with E-state index in [1.54, 1.807) is 6.92 Å². The molecule has 0 atom stereocenters. The van der Waals surface area contributed by atoms with E-state index in [9.17, 15) is 4.79 Å². The molecule has 0 bridgehead atoms. The summed E-state index contributed by atoms with van der Waals surface area (Å²) in [4.78, 5) is 10.6. The second-order valence-corrected chi connectivity index (χ2v) is 7.52. The molecule has 0 aliphatic carbocycles. The minimum Gasteiger partial charge on any atom is -0.456 e. The highest BCUT2D eigenvalue weighted by atomic mass is 79.9. The van der Waals surface area contributed by atoms with Gasteiger partial charge in [0.25, 0.3) is 0 Å². The van der Waals surface area contributed by atoms with Crippen molar-refractivity contribution in [3.63, 3.8) is 0 Å². The van der Waals surface area contributed by atoms with Crippen LogP contribution in [0.3, 0.4) is 0 Å². The molecule has 0 amide bonds. The van der Waals surface area contributed by atoms with Gasteiger partial charge in [0.15, 0.2) is 0 Å². The zero-order chi connectivity index (χ0) is 15.3. The van der Waals surface area contributed by atoms with Gasteiger partial charge < -0.3 is 4.74 Å². The summed E-state index contributed by atoms with van der Waals surface area (Å²) in [5, 5.41) is 0. The van der Waals surface area contributed by atoms with Gasteiger partial charge in [-0.2, -0.15) is 0 Å². The van der Waals surface area contributed by atoms with E-state index in [0.29, 0.717) is 12.5 Å². The van der Waals surface area contributed by atoms with Crippen LogP contribution >= 0.6 is 31.9 Å². The first-order valence-corrected chi connectivity index (χ1v) is 8.04. The topological polar surface area (TPSA) is 26.3 Å². The lowest BCUT2D eigenvalue weighted by Gasteiger charge is -1.95. The first kappa shape index (κ1) is 21.0. The van der Waals surface area contributed by atoms with Crippen LogP contribution in [-0.4, -0.2) is 12.6 Å². The molecule has 0 aromatic heterocycles. The summed E-state index contributed by atoms with van der Waals surface area (Å²) in [6.45, 7) is 10.7. The van der Waals surface area contributed by atoms with Crippen LogP contribution in [0.4, 0.5) is 0 Å². The van der Waals surface area contributed by atoms with Crippen molar-refractivity contribution in [2.75, 3.05) is 6.61 Å². The quantitative estimate of drug-likeness (QED) is 0.368. The molecule has 0 heterocycles. The number of ether oxygens (including phenoxy) is 1. The van der Waals surface area contributed by atoms with Gasteiger partial charge in [-0.05, 0) is 57.0 Å². The molecule has 110 valence electrons. The standard InChI is InChI=1S/C9H14O2.C6H10Br2/c1-4-11-9(10)7-5-6-8(2)3;1-5(2)3-4-6(7)8/h8H,4,6H2,1-3H3;4-5H,3H2,1-2H3. The third-order valence-corrected chi connectivity index (χ3v) is 2.37. The van der Waals surface area contributed by atoms with Gasteiger partial charge in [-0.25, -0.2) is 4.79 Å². The van der Waals surface area contributed by atoms with Gasteiger partial charge >= 0.3 is 5.97 Å². The Morgan fingerprint density at radius 1 is 1.21 bits per heavy atom. The summed E-state index contributed by atoms with van der Waals surface area (Å²) < 4.78 is 5.67. The molecule has 0 spiro atoms. The average molecular weight is 396 g/mol. The van der Waals surface area contributed by atoms with E-state index >= 15 is 0 Å². The third-order valence-electron chi connectivity index (χ3n) is 1.72. The summed E-state index contributed by atoms with van der Waals surface area (Å²) >= 11 is 6.56. The van der Waals surface area contributed by atoms with Gasteiger partial charge in [0.1, 0.15) is 0 Å². The molecule has 0 aromatic carbocycles. The van der Waals surface area contributed by atoms with Crippen molar-refractivity contribution in [2.24, 2.45) is 11.8 Å². The zero-order valence-corrected chi connectivity index (χ0v) is 15.6. The fraction of sp³-hybridized carbons (Fsp3) is 0.667.